The first-order chi connectivity index (χ1) is 15.7. The molecule has 0 radical (unpaired) electrons. The number of aromatic nitrogens is 1. The second-order valence-electron chi connectivity index (χ2n) is 8.11. The van der Waals surface area contributed by atoms with Gasteiger partial charge in [-0.25, -0.2) is 9.78 Å². The Labute approximate surface area is 197 Å². The summed E-state index contributed by atoms with van der Waals surface area (Å²) in [7, 11) is 0. The summed E-state index contributed by atoms with van der Waals surface area (Å²) in [6.45, 7) is 3.25. The Bertz CT molecular complexity index is 1120. The number of pyridine rings is 1. The number of nitrogens with zero attached hydrogens (tertiary/aromatic N) is 1. The fourth-order valence-electron chi connectivity index (χ4n) is 3.07. The van der Waals surface area contributed by atoms with Gasteiger partial charge in [-0.15, -0.1) is 0 Å². The van der Waals surface area contributed by atoms with Gasteiger partial charge in [-0.2, -0.15) is 0 Å². The Morgan fingerprint density at radius 3 is 2.55 bits per heavy atom. The van der Waals surface area contributed by atoms with Gasteiger partial charge in [0.05, 0.1) is 18.2 Å². The lowest BCUT2D eigenvalue weighted by Gasteiger charge is -2.29. The molecule has 0 aliphatic carbocycles. The lowest BCUT2D eigenvalue weighted by atomic mass is 10.00. The molecule has 3 aromatic rings. The Kier molecular flexibility index (Phi) is 8.21. The molecule has 2 amide bonds. The second-order valence-corrected chi connectivity index (χ2v) is 8.52. The zero-order valence-electron chi connectivity index (χ0n) is 18.5. The Morgan fingerprint density at radius 2 is 1.82 bits per heavy atom. The van der Waals surface area contributed by atoms with E-state index in [4.69, 9.17) is 16.3 Å². The molecule has 0 saturated heterocycles. The third-order valence-electron chi connectivity index (χ3n) is 4.99. The van der Waals surface area contributed by atoms with Crippen molar-refractivity contribution in [2.45, 2.75) is 32.0 Å². The van der Waals surface area contributed by atoms with E-state index < -0.39 is 17.7 Å². The summed E-state index contributed by atoms with van der Waals surface area (Å²) < 4.78 is 5.23. The number of halogens is 1. The lowest BCUT2D eigenvalue weighted by Crippen LogP contribution is -2.54. The van der Waals surface area contributed by atoms with Crippen molar-refractivity contribution in [2.75, 3.05) is 18.5 Å². The van der Waals surface area contributed by atoms with Gasteiger partial charge in [-0.1, -0.05) is 54.1 Å². The number of hydrogen-bond acceptors (Lipinski definition) is 6. The van der Waals surface area contributed by atoms with E-state index in [1.54, 1.807) is 18.3 Å². The monoisotopic (exact) mass is 470 g/mol. The number of fused-ring (bicyclic) bond motifs is 1. The number of aliphatic hydroxyl groups is 1. The minimum absolute atomic E-state index is 0.00497. The van der Waals surface area contributed by atoms with Gasteiger partial charge in [0.15, 0.2) is 0 Å². The predicted octanol–water partition coefficient (Wildman–Crippen LogP) is 3.48. The molecule has 9 heteroatoms. The van der Waals surface area contributed by atoms with Crippen LogP contribution < -0.4 is 16.0 Å². The zero-order chi connectivity index (χ0) is 23.8. The fraction of sp³-hybridized carbons (Fsp3) is 0.292. The molecule has 0 spiro atoms. The molecule has 3 rings (SSSR count). The van der Waals surface area contributed by atoms with Gasteiger partial charge >= 0.3 is 6.09 Å². The first kappa shape index (κ1) is 24.4. The Balaban J connectivity index is 1.49. The van der Waals surface area contributed by atoms with Gasteiger partial charge in [-0.05, 0) is 36.9 Å². The van der Waals surface area contributed by atoms with Crippen LogP contribution in [0.15, 0.2) is 60.8 Å². The largest absolute Gasteiger partial charge is 0.447 e. The van der Waals surface area contributed by atoms with E-state index in [1.807, 2.05) is 42.5 Å². The van der Waals surface area contributed by atoms with Crippen LogP contribution in [-0.4, -0.2) is 46.9 Å². The summed E-state index contributed by atoms with van der Waals surface area (Å²) >= 11 is 6.11. The van der Waals surface area contributed by atoms with Gasteiger partial charge in [0.2, 0.25) is 5.91 Å². The molecule has 1 unspecified atom stereocenters. The number of ether oxygens (including phenoxy) is 1. The quantitative estimate of drug-likeness (QED) is 0.381. The minimum atomic E-state index is -1.32. The van der Waals surface area contributed by atoms with Gasteiger partial charge in [-0.3, -0.25) is 10.1 Å². The molecule has 0 saturated carbocycles. The zero-order valence-corrected chi connectivity index (χ0v) is 19.2. The fourth-order valence-corrected chi connectivity index (χ4v) is 3.27. The molecule has 8 nitrogen and oxygen atoms in total. The minimum Gasteiger partial charge on any atom is -0.447 e. The van der Waals surface area contributed by atoms with Crippen LogP contribution in [0.4, 0.5) is 10.6 Å². The number of carbonyl (C=O) groups excluding carboxylic acids is 2. The van der Waals surface area contributed by atoms with E-state index in [-0.39, 0.29) is 19.1 Å². The molecule has 1 heterocycles. The third-order valence-corrected chi connectivity index (χ3v) is 5.36. The molecular formula is C24H27ClN4O4. The van der Waals surface area contributed by atoms with Crippen LogP contribution in [0.2, 0.25) is 5.02 Å². The smallest absolute Gasteiger partial charge is 0.412 e. The highest BCUT2D eigenvalue weighted by Crippen LogP contribution is 2.17. The number of hydrogen-bond donors (Lipinski definition) is 4. The van der Waals surface area contributed by atoms with Crippen LogP contribution in [0, 0.1) is 0 Å². The maximum atomic E-state index is 12.4. The van der Waals surface area contributed by atoms with Crippen LogP contribution in [-0.2, 0) is 16.1 Å². The number of benzene rings is 2. The summed E-state index contributed by atoms with van der Waals surface area (Å²) in [4.78, 5) is 28.8. The SMILES string of the molecule is CC(C)(O)C(COC(=O)Nc1cc2ccccc2cn1)NC(=O)CNCc1ccccc1Cl. The van der Waals surface area contributed by atoms with Crippen LogP contribution in [0.3, 0.4) is 0 Å². The first-order valence-electron chi connectivity index (χ1n) is 10.5. The van der Waals surface area contributed by atoms with E-state index in [0.29, 0.717) is 17.4 Å². The van der Waals surface area contributed by atoms with Crippen LogP contribution >= 0.6 is 11.6 Å². The predicted molar refractivity (Wildman–Crippen MR) is 128 cm³/mol. The maximum absolute atomic E-state index is 12.4. The van der Waals surface area contributed by atoms with Crippen LogP contribution in [0.25, 0.3) is 10.8 Å². The highest BCUT2D eigenvalue weighted by molar-refractivity contribution is 6.31. The third kappa shape index (κ3) is 7.42. The Morgan fingerprint density at radius 1 is 1.12 bits per heavy atom. The average Bonchev–Trinajstić information content (AvgIpc) is 2.77. The standard InChI is InChI=1S/C24H27ClN4O4/c1-24(2,32)20(28-22(30)14-26-12-18-9-5-6-10-19(18)25)15-33-23(31)29-21-11-16-7-3-4-8-17(16)13-27-21/h3-11,13,20,26,32H,12,14-15H2,1-2H3,(H,28,30)(H,27,29,31). The second kappa shape index (κ2) is 11.1. The van der Waals surface area contributed by atoms with Gasteiger partial charge in [0.25, 0.3) is 0 Å². The summed E-state index contributed by atoms with van der Waals surface area (Å²) in [5, 5.41) is 21.2. The molecular weight excluding hydrogens is 444 g/mol. The number of nitrogens with one attached hydrogen (secondary N) is 3. The maximum Gasteiger partial charge on any atom is 0.412 e. The van der Waals surface area contributed by atoms with Crippen LogP contribution in [0.5, 0.6) is 0 Å². The van der Waals surface area contributed by atoms with E-state index in [9.17, 15) is 14.7 Å². The lowest BCUT2D eigenvalue weighted by molar-refractivity contribution is -0.123. The number of rotatable bonds is 9. The molecule has 1 atom stereocenters. The van der Waals surface area contributed by atoms with Crippen molar-refractivity contribution >= 4 is 40.2 Å². The molecule has 33 heavy (non-hydrogen) atoms. The summed E-state index contributed by atoms with van der Waals surface area (Å²) in [5.74, 6) is -0.0132. The van der Waals surface area contributed by atoms with Crippen molar-refractivity contribution in [1.82, 2.24) is 15.6 Å². The molecule has 2 aromatic carbocycles. The molecule has 0 aliphatic heterocycles. The number of anilines is 1. The molecule has 0 bridgehead atoms. The van der Waals surface area contributed by atoms with E-state index in [0.717, 1.165) is 16.3 Å². The summed E-state index contributed by atoms with van der Waals surface area (Å²) in [6, 6.07) is 15.9. The van der Waals surface area contributed by atoms with E-state index in [1.165, 1.54) is 13.8 Å². The normalized spacial score (nSPS) is 12.2. The molecule has 0 aliphatic rings. The first-order valence-corrected chi connectivity index (χ1v) is 10.8. The van der Waals surface area contributed by atoms with Gasteiger partial charge in [0.1, 0.15) is 12.4 Å². The van der Waals surface area contributed by atoms with Crippen molar-refractivity contribution in [3.8, 4) is 0 Å². The van der Waals surface area contributed by atoms with Crippen molar-refractivity contribution in [3.05, 3.63) is 71.4 Å². The van der Waals surface area contributed by atoms with E-state index >= 15 is 0 Å². The summed E-state index contributed by atoms with van der Waals surface area (Å²) in [6.07, 6.45) is 0.915. The van der Waals surface area contributed by atoms with Crippen molar-refractivity contribution in [1.29, 1.82) is 0 Å². The molecule has 0 fully saturated rings. The molecule has 1 aromatic heterocycles. The van der Waals surface area contributed by atoms with Crippen molar-refractivity contribution in [2.24, 2.45) is 0 Å². The number of carbonyl (C=O) groups is 2. The van der Waals surface area contributed by atoms with Gasteiger partial charge < -0.3 is 20.5 Å². The molecule has 4 N–H and O–H groups in total. The average molecular weight is 471 g/mol. The van der Waals surface area contributed by atoms with Crippen molar-refractivity contribution in [3.63, 3.8) is 0 Å². The summed E-state index contributed by atoms with van der Waals surface area (Å²) in [5.41, 5.74) is -0.451. The Hall–Kier alpha value is -3.20. The molecule has 174 valence electrons. The topological polar surface area (TPSA) is 113 Å². The van der Waals surface area contributed by atoms with Gasteiger partial charge in [0, 0.05) is 23.2 Å². The van der Waals surface area contributed by atoms with E-state index in [2.05, 4.69) is 20.9 Å². The highest BCUT2D eigenvalue weighted by Gasteiger charge is 2.29. The number of amides is 2. The highest BCUT2D eigenvalue weighted by atomic mass is 35.5. The van der Waals surface area contributed by atoms with Crippen molar-refractivity contribution < 1.29 is 19.4 Å². The van der Waals surface area contributed by atoms with Crippen LogP contribution in [0.1, 0.15) is 19.4 Å².